The molecule has 0 bridgehead atoms. The number of benzene rings is 1. The van der Waals surface area contributed by atoms with E-state index in [0.29, 0.717) is 5.69 Å². The second kappa shape index (κ2) is 16.8. The van der Waals surface area contributed by atoms with Gasteiger partial charge in [0, 0.05) is 57.1 Å². The van der Waals surface area contributed by atoms with E-state index in [1.165, 1.54) is 44.7 Å². The molecule has 0 atom stereocenters. The van der Waals surface area contributed by atoms with Crippen LogP contribution in [0.3, 0.4) is 0 Å². The van der Waals surface area contributed by atoms with Crippen LogP contribution in [0.4, 0.5) is 50.9 Å². The average Bonchev–Trinajstić information content (AvgIpc) is 2.89. The van der Waals surface area contributed by atoms with Gasteiger partial charge in [-0.3, -0.25) is 4.90 Å². The minimum Gasteiger partial charge on any atom is -0.495 e. The first-order valence-electron chi connectivity index (χ1n) is 12.0. The van der Waals surface area contributed by atoms with Crippen LogP contribution < -0.4 is 15.4 Å². The van der Waals surface area contributed by atoms with Crippen molar-refractivity contribution < 1.29 is 74.0 Å². The molecule has 0 radical (unpaired) electrons. The number of likely N-dealkylation sites (N-methyl/N-ethyl adjacent to an activating group) is 1. The highest BCUT2D eigenvalue weighted by Gasteiger charge is 2.39. The Kier molecular flexibility index (Phi) is 15.4. The summed E-state index contributed by atoms with van der Waals surface area (Å²) in [6, 6.07) is 6.86. The van der Waals surface area contributed by atoms with Gasteiger partial charge in [0.15, 0.2) is 0 Å². The third kappa shape index (κ3) is 15.4. The van der Waals surface area contributed by atoms with Crippen LogP contribution in [0, 0.1) is 0 Å². The number of carboxylic acids is 3. The molecule has 2 saturated heterocycles. The van der Waals surface area contributed by atoms with E-state index in [-0.39, 0.29) is 0 Å². The third-order valence-electron chi connectivity index (χ3n) is 5.83. The molecule has 0 spiro atoms. The number of nitrogen functional groups attached to an aromatic ring is 1. The summed E-state index contributed by atoms with van der Waals surface area (Å²) >= 11 is 0. The molecule has 0 aromatic heterocycles. The summed E-state index contributed by atoms with van der Waals surface area (Å²) in [6.07, 6.45) is -12.8. The minimum absolute atomic E-state index is 0.707. The fourth-order valence-electron chi connectivity index (χ4n) is 3.57. The van der Waals surface area contributed by atoms with Gasteiger partial charge in [-0.1, -0.05) is 0 Å². The van der Waals surface area contributed by atoms with Crippen LogP contribution in [0.5, 0.6) is 5.75 Å². The molecule has 20 heteroatoms. The number of nitrogens with two attached hydrogens (primary N) is 1. The van der Waals surface area contributed by atoms with Crippen LogP contribution in [0.2, 0.25) is 0 Å². The molecular weight excluding hydrogens is 615 g/mol. The number of methoxy groups -OCH3 is 1. The van der Waals surface area contributed by atoms with E-state index >= 15 is 0 Å². The molecule has 0 aliphatic carbocycles. The van der Waals surface area contributed by atoms with Crippen molar-refractivity contribution in [1.29, 1.82) is 0 Å². The summed E-state index contributed by atoms with van der Waals surface area (Å²) in [6.45, 7) is 7.08. The Morgan fingerprint density at radius 1 is 0.767 bits per heavy atom. The van der Waals surface area contributed by atoms with Crippen molar-refractivity contribution in [3.05, 3.63) is 18.2 Å². The number of halogens is 9. The SMILES string of the molecule is COc1cc(N2CCC(N3CCN(C)CC3)CC2)ccc1N.O=C(O)C(F)(F)F.O=C(O)C(F)(F)F.O=C(O)C(F)(F)F. The summed E-state index contributed by atoms with van der Waals surface area (Å²) in [7, 11) is 3.89. The van der Waals surface area contributed by atoms with Crippen LogP contribution >= 0.6 is 0 Å². The summed E-state index contributed by atoms with van der Waals surface area (Å²) < 4.78 is 101. The molecule has 43 heavy (non-hydrogen) atoms. The summed E-state index contributed by atoms with van der Waals surface area (Å²) in [4.78, 5) is 34.2. The second-order valence-electron chi connectivity index (χ2n) is 8.89. The lowest BCUT2D eigenvalue weighted by Crippen LogP contribution is -2.52. The van der Waals surface area contributed by atoms with Crippen molar-refractivity contribution in [3.8, 4) is 5.75 Å². The summed E-state index contributed by atoms with van der Waals surface area (Å²) in [5.74, 6) is -7.49. The topological polar surface area (TPSA) is 157 Å². The lowest BCUT2D eigenvalue weighted by Gasteiger charge is -2.42. The predicted molar refractivity (Wildman–Crippen MR) is 133 cm³/mol. The zero-order valence-electron chi connectivity index (χ0n) is 22.8. The number of rotatable bonds is 3. The van der Waals surface area contributed by atoms with Gasteiger partial charge in [-0.15, -0.1) is 0 Å². The van der Waals surface area contributed by atoms with Crippen LogP contribution in [0.15, 0.2) is 18.2 Å². The largest absolute Gasteiger partial charge is 0.495 e. The van der Waals surface area contributed by atoms with Gasteiger partial charge < -0.3 is 35.6 Å². The van der Waals surface area contributed by atoms with E-state index in [2.05, 4.69) is 33.9 Å². The first kappa shape index (κ1) is 39.3. The lowest BCUT2D eigenvalue weighted by atomic mass is 10.0. The molecule has 11 nitrogen and oxygen atoms in total. The zero-order chi connectivity index (χ0) is 33.8. The van der Waals surface area contributed by atoms with Gasteiger partial charge in [0.2, 0.25) is 0 Å². The van der Waals surface area contributed by atoms with E-state index in [9.17, 15) is 39.5 Å². The maximum Gasteiger partial charge on any atom is 0.490 e. The van der Waals surface area contributed by atoms with Gasteiger partial charge in [0.05, 0.1) is 12.8 Å². The van der Waals surface area contributed by atoms with Crippen LogP contribution in [-0.4, -0.2) is 121 Å². The Bertz CT molecular complexity index is 980. The van der Waals surface area contributed by atoms with Gasteiger partial charge in [-0.05, 0) is 32.0 Å². The van der Waals surface area contributed by atoms with Gasteiger partial charge in [0.25, 0.3) is 0 Å². The number of aliphatic carboxylic acids is 3. The Morgan fingerprint density at radius 3 is 1.47 bits per heavy atom. The Balaban J connectivity index is 0.000000690. The molecule has 2 aliphatic heterocycles. The molecule has 2 aliphatic rings. The average molecular weight is 647 g/mol. The molecule has 0 saturated carbocycles. The van der Waals surface area contributed by atoms with Crippen LogP contribution in [0.1, 0.15) is 12.8 Å². The van der Waals surface area contributed by atoms with Crippen LogP contribution in [-0.2, 0) is 14.4 Å². The number of hydrogen-bond donors (Lipinski definition) is 4. The quantitative estimate of drug-likeness (QED) is 0.282. The molecule has 1 aromatic carbocycles. The number of carboxylic acid groups (broad SMARTS) is 3. The Hall–Kier alpha value is -3.68. The normalized spacial score (nSPS) is 16.8. The number of piperidine rings is 1. The highest BCUT2D eigenvalue weighted by atomic mass is 19.4. The Morgan fingerprint density at radius 2 is 1.14 bits per heavy atom. The number of ether oxygens (including phenoxy) is 1. The van der Waals surface area contributed by atoms with Crippen molar-refractivity contribution >= 4 is 29.3 Å². The number of anilines is 2. The van der Waals surface area contributed by atoms with Crippen molar-refractivity contribution in [2.24, 2.45) is 0 Å². The van der Waals surface area contributed by atoms with E-state index < -0.39 is 36.4 Å². The fraction of sp³-hybridized carbons (Fsp3) is 0.609. The zero-order valence-corrected chi connectivity index (χ0v) is 22.8. The highest BCUT2D eigenvalue weighted by Crippen LogP contribution is 2.30. The number of nitrogens with zero attached hydrogens (tertiary/aromatic N) is 3. The first-order valence-corrected chi connectivity index (χ1v) is 12.0. The first-order chi connectivity index (χ1) is 19.5. The maximum atomic E-state index is 10.6. The van der Waals surface area contributed by atoms with Crippen molar-refractivity contribution in [2.75, 3.05) is 64.1 Å². The van der Waals surface area contributed by atoms with Crippen molar-refractivity contribution in [2.45, 2.75) is 37.4 Å². The van der Waals surface area contributed by atoms with Crippen molar-refractivity contribution in [3.63, 3.8) is 0 Å². The predicted octanol–water partition coefficient (Wildman–Crippen LogP) is 3.39. The third-order valence-corrected chi connectivity index (χ3v) is 5.83. The van der Waals surface area contributed by atoms with E-state index in [1.54, 1.807) is 7.11 Å². The van der Waals surface area contributed by atoms with Gasteiger partial charge in [-0.25, -0.2) is 14.4 Å². The van der Waals surface area contributed by atoms with E-state index in [4.69, 9.17) is 40.2 Å². The fourth-order valence-corrected chi connectivity index (χ4v) is 3.57. The van der Waals surface area contributed by atoms with Gasteiger partial charge in [-0.2, -0.15) is 39.5 Å². The lowest BCUT2D eigenvalue weighted by molar-refractivity contribution is -0.193. The minimum atomic E-state index is -5.08. The van der Waals surface area contributed by atoms with Crippen LogP contribution in [0.25, 0.3) is 0 Å². The monoisotopic (exact) mass is 646 g/mol. The highest BCUT2D eigenvalue weighted by molar-refractivity contribution is 5.73. The number of hydrogen-bond acceptors (Lipinski definition) is 8. The molecule has 0 unspecified atom stereocenters. The number of carbonyl (C=O) groups is 3. The smallest absolute Gasteiger partial charge is 0.490 e. The van der Waals surface area contributed by atoms with Crippen molar-refractivity contribution in [1.82, 2.24) is 9.80 Å². The molecular formula is C23H31F9N4O7. The number of piperazine rings is 1. The second-order valence-corrected chi connectivity index (χ2v) is 8.89. The summed E-state index contributed by atoms with van der Waals surface area (Å²) in [5, 5.41) is 21.4. The standard InChI is InChI=1S/C17H28N4O.3C2HF3O2/c1-19-9-11-21(12-10-19)14-5-7-20(8-6-14)15-3-4-16(18)17(13-15)22-2;3*3-2(4,5)1(6)7/h3-4,13-14H,5-12,18H2,1-2H3;3*(H,6,7). The molecule has 2 heterocycles. The Labute approximate surface area is 239 Å². The van der Waals surface area contributed by atoms with Gasteiger partial charge >= 0.3 is 36.4 Å². The molecule has 5 N–H and O–H groups in total. The molecule has 2 fully saturated rings. The molecule has 3 rings (SSSR count). The maximum absolute atomic E-state index is 10.6. The molecule has 248 valence electrons. The summed E-state index contributed by atoms with van der Waals surface area (Å²) in [5.41, 5.74) is 7.84. The molecule has 1 aromatic rings. The number of alkyl halides is 9. The molecule has 0 amide bonds. The van der Waals surface area contributed by atoms with Gasteiger partial charge in [0.1, 0.15) is 5.75 Å². The van der Waals surface area contributed by atoms with E-state index in [1.807, 2.05) is 6.07 Å². The van der Waals surface area contributed by atoms with E-state index in [0.717, 1.165) is 24.9 Å².